The van der Waals surface area contributed by atoms with Gasteiger partial charge in [-0.3, -0.25) is 14.5 Å². The number of hydrogen-bond donors (Lipinski definition) is 1. The molecule has 1 unspecified atom stereocenters. The number of carbonyl (C=O) groups is 3. The lowest BCUT2D eigenvalue weighted by molar-refractivity contribution is -0.140. The molecule has 2 N–H and O–H groups in total. The lowest BCUT2D eigenvalue weighted by Crippen LogP contribution is -2.50. The van der Waals surface area contributed by atoms with Gasteiger partial charge in [-0.25, -0.2) is 4.79 Å². The van der Waals surface area contributed by atoms with E-state index in [4.69, 9.17) is 5.73 Å². The molecule has 1 heterocycles. The van der Waals surface area contributed by atoms with Crippen molar-refractivity contribution in [3.63, 3.8) is 0 Å². The Morgan fingerprint density at radius 3 is 2.39 bits per heavy atom. The zero-order valence-corrected chi connectivity index (χ0v) is 14.9. The molecule has 2 fully saturated rings. The molecule has 4 amide bonds. The number of halogens is 1. The van der Waals surface area contributed by atoms with Crippen LogP contribution in [0.5, 0.6) is 0 Å². The molecule has 0 aromatic carbocycles. The fraction of sp³-hybridized carbons (Fsp3) is 0.800. The number of nitrogens with two attached hydrogens (primary N) is 1. The van der Waals surface area contributed by atoms with Crippen LogP contribution in [0.1, 0.15) is 39.0 Å². The van der Waals surface area contributed by atoms with Crippen LogP contribution in [-0.2, 0) is 9.59 Å². The summed E-state index contributed by atoms with van der Waals surface area (Å²) in [7, 11) is 3.31. The fourth-order valence-corrected chi connectivity index (χ4v) is 3.32. The Hall–Kier alpha value is -1.34. The standard InChI is InChI=1S/C15H26N4O3.ClH/c1-11(9-16)17(2)12(20)10-19-13(21)15(18(3)14(19)22)7-5-4-6-8-15;/h11H,4-10,16H2,1-3H3;1H. The summed E-state index contributed by atoms with van der Waals surface area (Å²) in [4.78, 5) is 41.6. The molecule has 1 aliphatic carbocycles. The molecule has 132 valence electrons. The van der Waals surface area contributed by atoms with Gasteiger partial charge in [0.15, 0.2) is 0 Å². The average Bonchev–Trinajstić information content (AvgIpc) is 2.70. The molecule has 0 aromatic rings. The number of nitrogens with zero attached hydrogens (tertiary/aromatic N) is 3. The zero-order chi connectivity index (χ0) is 16.5. The van der Waals surface area contributed by atoms with E-state index in [9.17, 15) is 14.4 Å². The van der Waals surface area contributed by atoms with Gasteiger partial charge in [0.2, 0.25) is 5.91 Å². The molecule has 2 aliphatic rings. The molecule has 1 aliphatic heterocycles. The Labute approximate surface area is 143 Å². The first-order valence-electron chi connectivity index (χ1n) is 7.90. The summed E-state index contributed by atoms with van der Waals surface area (Å²) in [5.41, 5.74) is 4.83. The van der Waals surface area contributed by atoms with Crippen molar-refractivity contribution >= 4 is 30.3 Å². The van der Waals surface area contributed by atoms with Crippen molar-refractivity contribution in [3.05, 3.63) is 0 Å². The largest absolute Gasteiger partial charge is 0.340 e. The molecule has 0 bridgehead atoms. The molecule has 0 radical (unpaired) electrons. The molecule has 1 saturated heterocycles. The summed E-state index contributed by atoms with van der Waals surface area (Å²) in [6.45, 7) is 1.97. The summed E-state index contributed by atoms with van der Waals surface area (Å²) in [6.07, 6.45) is 4.35. The number of rotatable bonds is 4. The molecule has 1 saturated carbocycles. The Bertz CT molecular complexity index is 479. The summed E-state index contributed by atoms with van der Waals surface area (Å²) in [5.74, 6) is -0.484. The van der Waals surface area contributed by atoms with Gasteiger partial charge >= 0.3 is 6.03 Å². The lowest BCUT2D eigenvalue weighted by Gasteiger charge is -2.35. The topological polar surface area (TPSA) is 86.9 Å². The van der Waals surface area contributed by atoms with Gasteiger partial charge in [-0.2, -0.15) is 0 Å². The summed E-state index contributed by atoms with van der Waals surface area (Å²) in [6, 6.07) is -0.490. The smallest absolute Gasteiger partial charge is 0.327 e. The van der Waals surface area contributed by atoms with Crippen LogP contribution in [0, 0.1) is 0 Å². The maximum Gasteiger partial charge on any atom is 0.327 e. The van der Waals surface area contributed by atoms with Gasteiger partial charge in [0, 0.05) is 26.7 Å². The normalized spacial score (nSPS) is 21.4. The Kier molecular flexibility index (Phi) is 6.41. The Morgan fingerprint density at radius 1 is 1.30 bits per heavy atom. The highest BCUT2D eigenvalue weighted by atomic mass is 35.5. The third-order valence-corrected chi connectivity index (χ3v) is 5.17. The van der Waals surface area contributed by atoms with Crippen molar-refractivity contribution in [1.29, 1.82) is 0 Å². The number of hydrogen-bond acceptors (Lipinski definition) is 4. The van der Waals surface area contributed by atoms with Crippen molar-refractivity contribution in [3.8, 4) is 0 Å². The number of likely N-dealkylation sites (N-methyl/N-ethyl adjacent to an activating group) is 2. The molecular formula is C15H27ClN4O3. The number of amides is 4. The number of urea groups is 1. The summed E-state index contributed by atoms with van der Waals surface area (Å²) >= 11 is 0. The minimum absolute atomic E-state index is 0. The van der Waals surface area contributed by atoms with E-state index in [2.05, 4.69) is 0 Å². The van der Waals surface area contributed by atoms with Crippen LogP contribution in [0.4, 0.5) is 4.79 Å². The van der Waals surface area contributed by atoms with Gasteiger partial charge in [0.25, 0.3) is 5.91 Å². The molecule has 7 nitrogen and oxygen atoms in total. The lowest BCUT2D eigenvalue weighted by atomic mass is 9.81. The highest BCUT2D eigenvalue weighted by molar-refractivity contribution is 6.08. The molecular weight excluding hydrogens is 320 g/mol. The van der Waals surface area contributed by atoms with Crippen LogP contribution >= 0.6 is 12.4 Å². The van der Waals surface area contributed by atoms with Crippen molar-refractivity contribution < 1.29 is 14.4 Å². The van der Waals surface area contributed by atoms with Gasteiger partial charge in [0.05, 0.1) is 0 Å². The number of imide groups is 1. The molecule has 2 rings (SSSR count). The van der Waals surface area contributed by atoms with Gasteiger partial charge in [0.1, 0.15) is 12.1 Å². The maximum absolute atomic E-state index is 12.8. The predicted molar refractivity (Wildman–Crippen MR) is 89.2 cm³/mol. The second-order valence-corrected chi connectivity index (χ2v) is 6.41. The quantitative estimate of drug-likeness (QED) is 0.763. The predicted octanol–water partition coefficient (Wildman–Crippen LogP) is 0.811. The highest BCUT2D eigenvalue weighted by Gasteiger charge is 2.55. The van der Waals surface area contributed by atoms with E-state index in [1.807, 2.05) is 6.92 Å². The van der Waals surface area contributed by atoms with E-state index in [0.29, 0.717) is 19.4 Å². The zero-order valence-electron chi connectivity index (χ0n) is 14.1. The molecule has 1 atom stereocenters. The van der Waals surface area contributed by atoms with Crippen LogP contribution in [-0.4, -0.2) is 71.3 Å². The van der Waals surface area contributed by atoms with Gasteiger partial charge in [-0.1, -0.05) is 19.3 Å². The van der Waals surface area contributed by atoms with Crippen LogP contribution in [0.15, 0.2) is 0 Å². The van der Waals surface area contributed by atoms with Crippen LogP contribution in [0.2, 0.25) is 0 Å². The first-order chi connectivity index (χ1) is 10.3. The second-order valence-electron chi connectivity index (χ2n) is 6.41. The van der Waals surface area contributed by atoms with Crippen LogP contribution < -0.4 is 5.73 Å². The third-order valence-electron chi connectivity index (χ3n) is 5.17. The molecule has 0 aromatic heterocycles. The maximum atomic E-state index is 12.8. The van der Waals surface area contributed by atoms with E-state index in [-0.39, 0.29) is 42.8 Å². The van der Waals surface area contributed by atoms with Crippen LogP contribution in [0.3, 0.4) is 0 Å². The summed E-state index contributed by atoms with van der Waals surface area (Å²) < 4.78 is 0. The molecule has 8 heteroatoms. The van der Waals surface area contributed by atoms with Gasteiger partial charge < -0.3 is 15.5 Å². The third kappa shape index (κ3) is 3.30. The van der Waals surface area contributed by atoms with E-state index >= 15 is 0 Å². The second kappa shape index (κ2) is 7.49. The van der Waals surface area contributed by atoms with Gasteiger partial charge in [-0.15, -0.1) is 12.4 Å². The van der Waals surface area contributed by atoms with Crippen molar-refractivity contribution in [2.45, 2.75) is 50.6 Å². The van der Waals surface area contributed by atoms with E-state index in [1.165, 1.54) is 9.80 Å². The highest BCUT2D eigenvalue weighted by Crippen LogP contribution is 2.39. The fourth-order valence-electron chi connectivity index (χ4n) is 3.32. The first kappa shape index (κ1) is 19.7. The monoisotopic (exact) mass is 346 g/mol. The average molecular weight is 347 g/mol. The van der Waals surface area contributed by atoms with Crippen molar-refractivity contribution in [1.82, 2.24) is 14.7 Å². The van der Waals surface area contributed by atoms with E-state index in [0.717, 1.165) is 24.2 Å². The van der Waals surface area contributed by atoms with Gasteiger partial charge in [-0.05, 0) is 19.8 Å². The van der Waals surface area contributed by atoms with E-state index < -0.39 is 5.54 Å². The minimum Gasteiger partial charge on any atom is -0.340 e. The minimum atomic E-state index is -0.729. The SMILES string of the molecule is CC(CN)N(C)C(=O)CN1C(=O)N(C)C2(CCCCC2)C1=O.Cl. The van der Waals surface area contributed by atoms with E-state index in [1.54, 1.807) is 14.1 Å². The van der Waals surface area contributed by atoms with Crippen LogP contribution in [0.25, 0.3) is 0 Å². The number of carbonyl (C=O) groups excluding carboxylic acids is 3. The van der Waals surface area contributed by atoms with Crippen molar-refractivity contribution in [2.24, 2.45) is 5.73 Å². The molecule has 23 heavy (non-hydrogen) atoms. The first-order valence-corrected chi connectivity index (χ1v) is 7.90. The summed E-state index contributed by atoms with van der Waals surface area (Å²) in [5, 5.41) is 0. The van der Waals surface area contributed by atoms with Crippen molar-refractivity contribution in [2.75, 3.05) is 27.2 Å². The Balaban J connectivity index is 0.00000264. The Morgan fingerprint density at radius 2 is 1.87 bits per heavy atom. The molecule has 1 spiro atoms.